The topological polar surface area (TPSA) is 85.4 Å². The molecule has 2 aliphatic rings. The van der Waals surface area contributed by atoms with Gasteiger partial charge in [0.05, 0.1) is 12.8 Å². The highest BCUT2D eigenvalue weighted by Gasteiger charge is 2.26. The van der Waals surface area contributed by atoms with Crippen molar-refractivity contribution in [1.82, 2.24) is 14.7 Å². The molecule has 2 heterocycles. The van der Waals surface area contributed by atoms with E-state index < -0.39 is 17.7 Å². The fraction of sp³-hybridized carbons (Fsp3) is 0.375. The molecular weight excluding hydrogens is 460 g/mol. The number of carbonyl (C=O) groups excluding carboxylic acids is 3. The molecule has 2 saturated heterocycles. The largest absolute Gasteiger partial charge is 0.453 e. The molecule has 0 saturated carbocycles. The second-order valence-electron chi connectivity index (χ2n) is 8.33. The predicted octanol–water partition coefficient (Wildman–Crippen LogP) is 2.84. The molecular formula is C24H27F2N5O4. The molecule has 0 aliphatic carbocycles. The molecule has 0 spiro atoms. The van der Waals surface area contributed by atoms with Crippen LogP contribution in [-0.4, -0.2) is 92.2 Å². The first-order valence-corrected chi connectivity index (χ1v) is 11.3. The first-order valence-electron chi connectivity index (χ1n) is 11.3. The number of anilines is 2. The lowest BCUT2D eigenvalue weighted by atomic mass is 10.2. The van der Waals surface area contributed by atoms with Crippen LogP contribution in [0.25, 0.3) is 0 Å². The molecule has 0 unspecified atom stereocenters. The van der Waals surface area contributed by atoms with Gasteiger partial charge in [0.25, 0.3) is 5.91 Å². The third-order valence-corrected chi connectivity index (χ3v) is 6.18. The Morgan fingerprint density at radius 1 is 0.829 bits per heavy atom. The van der Waals surface area contributed by atoms with Crippen molar-refractivity contribution in [1.29, 1.82) is 0 Å². The number of nitrogens with zero attached hydrogens (tertiary/aromatic N) is 4. The molecule has 0 bridgehead atoms. The van der Waals surface area contributed by atoms with E-state index in [2.05, 4.69) is 5.32 Å². The molecule has 2 aliphatic heterocycles. The van der Waals surface area contributed by atoms with Crippen LogP contribution in [-0.2, 0) is 4.74 Å². The van der Waals surface area contributed by atoms with Crippen molar-refractivity contribution in [2.75, 3.05) is 69.7 Å². The number of amides is 4. The molecule has 1 N–H and O–H groups in total. The van der Waals surface area contributed by atoms with Gasteiger partial charge in [-0.25, -0.2) is 18.4 Å². The van der Waals surface area contributed by atoms with Crippen LogP contribution in [0.5, 0.6) is 0 Å². The predicted molar refractivity (Wildman–Crippen MR) is 125 cm³/mol. The van der Waals surface area contributed by atoms with Crippen molar-refractivity contribution >= 4 is 29.4 Å². The molecule has 35 heavy (non-hydrogen) atoms. The maximum Gasteiger partial charge on any atom is 0.409 e. The Hall–Kier alpha value is -3.89. The Labute approximate surface area is 201 Å². The SMILES string of the molecule is COC(=O)N1CCN(c2ccc(NC(=O)N3CCN(C(=O)c4cccc(F)c4)CC3)cc2F)CC1. The summed E-state index contributed by atoms with van der Waals surface area (Å²) in [5.74, 6) is -1.23. The lowest BCUT2D eigenvalue weighted by Crippen LogP contribution is -2.51. The van der Waals surface area contributed by atoms with Crippen molar-refractivity contribution in [2.45, 2.75) is 0 Å². The van der Waals surface area contributed by atoms with Crippen LogP contribution in [0.3, 0.4) is 0 Å². The summed E-state index contributed by atoms with van der Waals surface area (Å²) in [6.07, 6.45) is -0.401. The Balaban J connectivity index is 1.29. The number of hydrogen-bond donors (Lipinski definition) is 1. The van der Waals surface area contributed by atoms with E-state index in [1.54, 1.807) is 32.9 Å². The quantitative estimate of drug-likeness (QED) is 0.720. The van der Waals surface area contributed by atoms with Crippen LogP contribution in [0, 0.1) is 11.6 Å². The number of benzene rings is 2. The molecule has 2 aromatic carbocycles. The number of urea groups is 1. The van der Waals surface area contributed by atoms with Gasteiger partial charge in [-0.1, -0.05) is 6.07 Å². The second kappa shape index (κ2) is 10.6. The number of methoxy groups -OCH3 is 1. The van der Waals surface area contributed by atoms with Crippen LogP contribution < -0.4 is 10.2 Å². The van der Waals surface area contributed by atoms with E-state index in [0.29, 0.717) is 63.7 Å². The molecule has 2 fully saturated rings. The van der Waals surface area contributed by atoms with Crippen LogP contribution in [0.4, 0.5) is 29.7 Å². The van der Waals surface area contributed by atoms with Crippen LogP contribution in [0.15, 0.2) is 42.5 Å². The van der Waals surface area contributed by atoms with E-state index in [1.165, 1.54) is 31.4 Å². The summed E-state index contributed by atoms with van der Waals surface area (Å²) in [5.41, 5.74) is 0.991. The minimum absolute atomic E-state index is 0.269. The van der Waals surface area contributed by atoms with E-state index >= 15 is 0 Å². The summed E-state index contributed by atoms with van der Waals surface area (Å²) in [4.78, 5) is 43.4. The molecule has 4 rings (SSSR count). The lowest BCUT2D eigenvalue weighted by molar-refractivity contribution is 0.0671. The summed E-state index contributed by atoms with van der Waals surface area (Å²) in [7, 11) is 1.33. The van der Waals surface area contributed by atoms with Gasteiger partial charge in [-0.2, -0.15) is 0 Å². The van der Waals surface area contributed by atoms with Crippen molar-refractivity contribution in [3.8, 4) is 0 Å². The number of hydrogen-bond acceptors (Lipinski definition) is 5. The molecule has 0 atom stereocenters. The third kappa shape index (κ3) is 5.61. The summed E-state index contributed by atoms with van der Waals surface area (Å²) in [5, 5.41) is 2.70. The van der Waals surface area contributed by atoms with E-state index in [4.69, 9.17) is 4.74 Å². The van der Waals surface area contributed by atoms with Crippen molar-refractivity contribution in [3.63, 3.8) is 0 Å². The Bertz CT molecular complexity index is 1100. The monoisotopic (exact) mass is 487 g/mol. The zero-order valence-electron chi connectivity index (χ0n) is 19.4. The van der Waals surface area contributed by atoms with E-state index in [1.807, 2.05) is 4.90 Å². The van der Waals surface area contributed by atoms with Gasteiger partial charge in [0.1, 0.15) is 11.6 Å². The van der Waals surface area contributed by atoms with Gasteiger partial charge in [0, 0.05) is 63.6 Å². The molecule has 9 nitrogen and oxygen atoms in total. The van der Waals surface area contributed by atoms with Crippen molar-refractivity contribution < 1.29 is 27.9 Å². The first kappa shape index (κ1) is 24.2. The number of carbonyl (C=O) groups is 3. The molecule has 4 amide bonds. The standard InChI is InChI=1S/C24H27F2N5O4/c1-35-24(34)31-13-7-28(8-14-31)21-6-5-19(16-20(21)26)27-23(33)30-11-9-29(10-12-30)22(32)17-3-2-4-18(25)15-17/h2-6,15-16H,7-14H2,1H3,(H,27,33). The van der Waals surface area contributed by atoms with Crippen molar-refractivity contribution in [2.24, 2.45) is 0 Å². The van der Waals surface area contributed by atoms with Crippen LogP contribution in [0.1, 0.15) is 10.4 Å². The number of nitrogens with one attached hydrogen (secondary N) is 1. The van der Waals surface area contributed by atoms with E-state index in [-0.39, 0.29) is 17.5 Å². The molecule has 0 radical (unpaired) electrons. The summed E-state index contributed by atoms with van der Waals surface area (Å²) < 4.78 is 32.9. The minimum Gasteiger partial charge on any atom is -0.453 e. The first-order chi connectivity index (χ1) is 16.9. The highest BCUT2D eigenvalue weighted by atomic mass is 19.1. The second-order valence-corrected chi connectivity index (χ2v) is 8.33. The van der Waals surface area contributed by atoms with Crippen LogP contribution in [0.2, 0.25) is 0 Å². The van der Waals surface area contributed by atoms with Gasteiger partial charge >= 0.3 is 12.1 Å². The normalized spacial score (nSPS) is 16.2. The average molecular weight is 488 g/mol. The van der Waals surface area contributed by atoms with Gasteiger partial charge < -0.3 is 29.7 Å². The summed E-state index contributed by atoms with van der Waals surface area (Å²) in [6.45, 7) is 3.03. The smallest absolute Gasteiger partial charge is 0.409 e. The van der Waals surface area contributed by atoms with E-state index in [9.17, 15) is 23.2 Å². The molecule has 2 aromatic rings. The maximum atomic E-state index is 14.8. The number of ether oxygens (including phenoxy) is 1. The summed E-state index contributed by atoms with van der Waals surface area (Å²) in [6, 6.07) is 9.63. The third-order valence-electron chi connectivity index (χ3n) is 6.18. The lowest BCUT2D eigenvalue weighted by Gasteiger charge is -2.35. The van der Waals surface area contributed by atoms with Gasteiger partial charge in [0.15, 0.2) is 0 Å². The zero-order chi connectivity index (χ0) is 24.9. The Kier molecular flexibility index (Phi) is 7.33. The fourth-order valence-electron chi connectivity index (χ4n) is 4.22. The highest BCUT2D eigenvalue weighted by Crippen LogP contribution is 2.24. The van der Waals surface area contributed by atoms with Gasteiger partial charge in [0.2, 0.25) is 0 Å². The van der Waals surface area contributed by atoms with Crippen molar-refractivity contribution in [3.05, 3.63) is 59.7 Å². The molecule has 186 valence electrons. The highest BCUT2D eigenvalue weighted by molar-refractivity contribution is 5.94. The molecule has 0 aromatic heterocycles. The minimum atomic E-state index is -0.476. The fourth-order valence-corrected chi connectivity index (χ4v) is 4.22. The van der Waals surface area contributed by atoms with Gasteiger partial charge in [-0.15, -0.1) is 0 Å². The zero-order valence-corrected chi connectivity index (χ0v) is 19.4. The van der Waals surface area contributed by atoms with Gasteiger partial charge in [-0.05, 0) is 36.4 Å². The number of halogens is 2. The molecule has 11 heteroatoms. The maximum absolute atomic E-state index is 14.8. The summed E-state index contributed by atoms with van der Waals surface area (Å²) >= 11 is 0. The average Bonchev–Trinajstić information content (AvgIpc) is 2.88. The van der Waals surface area contributed by atoms with Gasteiger partial charge in [-0.3, -0.25) is 4.79 Å². The number of piperazine rings is 2. The Morgan fingerprint density at radius 3 is 2.11 bits per heavy atom. The number of rotatable bonds is 3. The Morgan fingerprint density at radius 2 is 1.49 bits per heavy atom. The van der Waals surface area contributed by atoms with E-state index in [0.717, 1.165) is 0 Å². The van der Waals surface area contributed by atoms with Crippen LogP contribution >= 0.6 is 0 Å².